The molecule has 130 valence electrons. The third-order valence-corrected chi connectivity index (χ3v) is 3.29. The highest BCUT2D eigenvalue weighted by molar-refractivity contribution is 6.26. The summed E-state index contributed by atoms with van der Waals surface area (Å²) >= 11 is 0. The van der Waals surface area contributed by atoms with Crippen LogP contribution in [0.25, 0.3) is 0 Å². The van der Waals surface area contributed by atoms with Crippen LogP contribution in [0.1, 0.15) is 47.9 Å². The van der Waals surface area contributed by atoms with Gasteiger partial charge in [0.05, 0.1) is 17.2 Å². The Bertz CT molecular complexity index is 696. The summed E-state index contributed by atoms with van der Waals surface area (Å²) in [7, 11) is 0. The van der Waals surface area contributed by atoms with Gasteiger partial charge in [-0.3, -0.25) is 9.59 Å². The summed E-state index contributed by atoms with van der Waals surface area (Å²) in [5.74, 6) is -2.01. The summed E-state index contributed by atoms with van der Waals surface area (Å²) in [5, 5.41) is 37.1. The second kappa shape index (κ2) is 8.42. The second-order valence-corrected chi connectivity index (χ2v) is 5.50. The third-order valence-electron chi connectivity index (χ3n) is 3.29. The van der Waals surface area contributed by atoms with Crippen LogP contribution in [0, 0.1) is 0 Å². The van der Waals surface area contributed by atoms with Gasteiger partial charge in [0.1, 0.15) is 11.5 Å². The molecular formula is C18H22O6. The molecule has 1 atom stereocenters. The van der Waals surface area contributed by atoms with E-state index in [4.69, 9.17) is 5.11 Å². The standard InChI is InChI=1S/C16H16O5.C2H6O/c1-8(2)3-4-10(17)9-7-13(20)14-11(18)5-6-12(19)15(14)16(9)21;1-2-3/h3,5-7,10,17-19H,4H2,1-2H3;3H,2H2,1H3. The average Bonchev–Trinajstić information content (AvgIpc) is 2.51. The highest BCUT2D eigenvalue weighted by atomic mass is 16.3. The quantitative estimate of drug-likeness (QED) is 0.497. The van der Waals surface area contributed by atoms with Crippen molar-refractivity contribution in [2.75, 3.05) is 6.61 Å². The zero-order valence-electron chi connectivity index (χ0n) is 13.9. The summed E-state index contributed by atoms with van der Waals surface area (Å²) in [5.41, 5.74) is 0.419. The molecular weight excluding hydrogens is 312 g/mol. The molecule has 2 rings (SSSR count). The van der Waals surface area contributed by atoms with E-state index in [1.54, 1.807) is 13.0 Å². The molecule has 0 bridgehead atoms. The van der Waals surface area contributed by atoms with Gasteiger partial charge in [-0.15, -0.1) is 0 Å². The maximum Gasteiger partial charge on any atom is 0.196 e. The number of aliphatic hydroxyl groups is 2. The number of rotatable bonds is 3. The number of carbonyl (C=O) groups excluding carboxylic acids is 2. The predicted octanol–water partition coefficient (Wildman–Crippen LogP) is 2.12. The lowest BCUT2D eigenvalue weighted by atomic mass is 9.85. The predicted molar refractivity (Wildman–Crippen MR) is 89.3 cm³/mol. The maximum atomic E-state index is 12.3. The molecule has 0 aliphatic heterocycles. The van der Waals surface area contributed by atoms with Gasteiger partial charge in [-0.2, -0.15) is 0 Å². The SMILES string of the molecule is CC(C)=CCC(O)C1=CC(=O)c2c(O)ccc(O)c2C1=O.CCO. The van der Waals surface area contributed by atoms with Gasteiger partial charge in [-0.25, -0.2) is 0 Å². The highest BCUT2D eigenvalue weighted by Crippen LogP contribution is 2.35. The fourth-order valence-corrected chi connectivity index (χ4v) is 2.21. The molecule has 0 aromatic heterocycles. The van der Waals surface area contributed by atoms with Gasteiger partial charge in [0, 0.05) is 12.2 Å². The number of aliphatic hydroxyl groups excluding tert-OH is 2. The molecule has 6 heteroatoms. The number of fused-ring (bicyclic) bond motifs is 1. The summed E-state index contributed by atoms with van der Waals surface area (Å²) in [6, 6.07) is 2.29. The lowest BCUT2D eigenvalue weighted by molar-refractivity contribution is 0.0943. The zero-order chi connectivity index (χ0) is 18.4. The molecule has 1 aliphatic carbocycles. The van der Waals surface area contributed by atoms with Crippen LogP contribution in [0.4, 0.5) is 0 Å². The number of hydrogen-bond donors (Lipinski definition) is 4. The van der Waals surface area contributed by atoms with Crippen molar-refractivity contribution in [1.29, 1.82) is 0 Å². The van der Waals surface area contributed by atoms with E-state index in [0.29, 0.717) is 0 Å². The minimum Gasteiger partial charge on any atom is -0.507 e. The van der Waals surface area contributed by atoms with E-state index in [2.05, 4.69) is 0 Å². The first kappa shape index (κ1) is 19.6. The van der Waals surface area contributed by atoms with E-state index in [-0.39, 0.29) is 41.2 Å². The molecule has 1 aromatic rings. The van der Waals surface area contributed by atoms with Crippen LogP contribution in [-0.4, -0.2) is 44.7 Å². The Morgan fingerprint density at radius 3 is 2.12 bits per heavy atom. The minimum absolute atomic E-state index is 0.0779. The Hall–Kier alpha value is -2.44. The molecule has 0 amide bonds. The number of benzene rings is 1. The first-order chi connectivity index (χ1) is 11.2. The maximum absolute atomic E-state index is 12.3. The fourth-order valence-electron chi connectivity index (χ4n) is 2.21. The Balaban J connectivity index is 0.000000891. The van der Waals surface area contributed by atoms with E-state index in [1.165, 1.54) is 0 Å². The number of carbonyl (C=O) groups is 2. The average molecular weight is 334 g/mol. The molecule has 1 aliphatic rings. The zero-order valence-corrected chi connectivity index (χ0v) is 13.9. The highest BCUT2D eigenvalue weighted by Gasteiger charge is 2.33. The molecule has 0 saturated heterocycles. The number of ketones is 2. The van der Waals surface area contributed by atoms with Crippen LogP contribution in [0.15, 0.2) is 35.4 Å². The normalized spacial score (nSPS) is 14.1. The van der Waals surface area contributed by atoms with Crippen LogP contribution in [0.3, 0.4) is 0 Å². The monoisotopic (exact) mass is 334 g/mol. The van der Waals surface area contributed by atoms with E-state index in [0.717, 1.165) is 23.8 Å². The molecule has 0 radical (unpaired) electrons. The third kappa shape index (κ3) is 4.31. The van der Waals surface area contributed by atoms with Gasteiger partial charge in [0.15, 0.2) is 11.6 Å². The van der Waals surface area contributed by atoms with Crippen molar-refractivity contribution in [1.82, 2.24) is 0 Å². The number of phenols is 2. The van der Waals surface area contributed by atoms with Gasteiger partial charge in [0.2, 0.25) is 0 Å². The Morgan fingerprint density at radius 2 is 1.62 bits per heavy atom. The molecule has 6 nitrogen and oxygen atoms in total. The Labute approximate surface area is 140 Å². The topological polar surface area (TPSA) is 115 Å². The van der Waals surface area contributed by atoms with Crippen molar-refractivity contribution in [2.24, 2.45) is 0 Å². The number of aromatic hydroxyl groups is 2. The van der Waals surface area contributed by atoms with Crippen LogP contribution >= 0.6 is 0 Å². The number of Topliss-reactive ketones (excluding diaryl/α,β-unsaturated/α-hetero) is 1. The van der Waals surface area contributed by atoms with Gasteiger partial charge in [-0.05, 0) is 45.4 Å². The van der Waals surface area contributed by atoms with Crippen molar-refractivity contribution < 1.29 is 30.0 Å². The lowest BCUT2D eigenvalue weighted by Gasteiger charge is -2.20. The number of hydrogen-bond acceptors (Lipinski definition) is 6. The van der Waals surface area contributed by atoms with Crippen molar-refractivity contribution in [3.05, 3.63) is 46.6 Å². The van der Waals surface area contributed by atoms with Crippen molar-refractivity contribution in [3.63, 3.8) is 0 Å². The molecule has 0 heterocycles. The summed E-state index contributed by atoms with van der Waals surface area (Å²) in [6.45, 7) is 5.64. The Kier molecular flexibility index (Phi) is 6.88. The van der Waals surface area contributed by atoms with Crippen LogP contribution in [0.2, 0.25) is 0 Å². The smallest absolute Gasteiger partial charge is 0.196 e. The second-order valence-electron chi connectivity index (χ2n) is 5.50. The van der Waals surface area contributed by atoms with Gasteiger partial charge >= 0.3 is 0 Å². The number of allylic oxidation sites excluding steroid dienone is 2. The summed E-state index contributed by atoms with van der Waals surface area (Å²) < 4.78 is 0. The molecule has 1 aromatic carbocycles. The first-order valence-corrected chi connectivity index (χ1v) is 7.52. The van der Waals surface area contributed by atoms with Crippen molar-refractivity contribution >= 4 is 11.6 Å². The van der Waals surface area contributed by atoms with Crippen LogP contribution in [-0.2, 0) is 0 Å². The van der Waals surface area contributed by atoms with Gasteiger partial charge in [0.25, 0.3) is 0 Å². The molecule has 0 fully saturated rings. The number of phenolic OH excluding ortho intramolecular Hbond substituents is 2. The lowest BCUT2D eigenvalue weighted by Crippen LogP contribution is -2.25. The van der Waals surface area contributed by atoms with Crippen molar-refractivity contribution in [3.8, 4) is 11.5 Å². The Morgan fingerprint density at radius 1 is 1.12 bits per heavy atom. The van der Waals surface area contributed by atoms with Crippen LogP contribution in [0.5, 0.6) is 11.5 Å². The van der Waals surface area contributed by atoms with E-state index >= 15 is 0 Å². The first-order valence-electron chi connectivity index (χ1n) is 7.52. The molecule has 1 unspecified atom stereocenters. The van der Waals surface area contributed by atoms with E-state index in [1.807, 2.05) is 13.8 Å². The van der Waals surface area contributed by atoms with E-state index in [9.17, 15) is 24.9 Å². The summed E-state index contributed by atoms with van der Waals surface area (Å²) in [6.07, 6.45) is 1.84. The molecule has 24 heavy (non-hydrogen) atoms. The van der Waals surface area contributed by atoms with Crippen LogP contribution < -0.4 is 0 Å². The van der Waals surface area contributed by atoms with Gasteiger partial charge < -0.3 is 20.4 Å². The fraction of sp³-hybridized carbons (Fsp3) is 0.333. The summed E-state index contributed by atoms with van der Waals surface area (Å²) in [4.78, 5) is 24.4. The van der Waals surface area contributed by atoms with Gasteiger partial charge in [-0.1, -0.05) is 11.6 Å². The minimum atomic E-state index is -1.13. The van der Waals surface area contributed by atoms with E-state index < -0.39 is 17.7 Å². The molecule has 0 spiro atoms. The molecule has 4 N–H and O–H groups in total. The largest absolute Gasteiger partial charge is 0.507 e. The molecule has 0 saturated carbocycles. The van der Waals surface area contributed by atoms with Crippen molar-refractivity contribution in [2.45, 2.75) is 33.3 Å².